The molecule has 0 bridgehead atoms. The van der Waals surface area contributed by atoms with E-state index in [0.717, 1.165) is 36.6 Å². The van der Waals surface area contributed by atoms with Crippen LogP contribution in [-0.4, -0.2) is 19.3 Å². The highest BCUT2D eigenvalue weighted by molar-refractivity contribution is 6.31. The Hall–Kier alpha value is -0.570. The van der Waals surface area contributed by atoms with Crippen molar-refractivity contribution in [3.05, 3.63) is 33.8 Å². The predicted molar refractivity (Wildman–Crippen MR) is 85.6 cm³/mol. The quantitative estimate of drug-likeness (QED) is 0.830. The molecule has 1 fully saturated rings. The van der Waals surface area contributed by atoms with E-state index in [1.54, 1.807) is 0 Å². The van der Waals surface area contributed by atoms with E-state index in [-0.39, 0.29) is 0 Å². The first-order valence-corrected chi connectivity index (χ1v) is 8.11. The van der Waals surface area contributed by atoms with Gasteiger partial charge in [-0.2, -0.15) is 0 Å². The molecule has 1 aromatic carbocycles. The summed E-state index contributed by atoms with van der Waals surface area (Å²) in [5.41, 5.74) is 3.80. The van der Waals surface area contributed by atoms with Gasteiger partial charge in [0.1, 0.15) is 0 Å². The SMILES string of the molecule is CCCNC(CC1CCCO1)c1cc(C)c(Cl)cc1C. The molecule has 2 unspecified atom stereocenters. The average molecular weight is 296 g/mol. The highest BCUT2D eigenvalue weighted by atomic mass is 35.5. The van der Waals surface area contributed by atoms with Crippen LogP contribution in [0, 0.1) is 13.8 Å². The molecule has 1 heterocycles. The van der Waals surface area contributed by atoms with Crippen molar-refractivity contribution in [2.75, 3.05) is 13.2 Å². The standard InChI is InChI=1S/C17H26ClNO/c1-4-7-19-17(11-14-6-5-8-20-14)15-9-13(3)16(18)10-12(15)2/h9-10,14,17,19H,4-8,11H2,1-3H3. The lowest BCUT2D eigenvalue weighted by molar-refractivity contribution is 0.0945. The third-order valence-electron chi connectivity index (χ3n) is 4.09. The molecule has 1 aliphatic heterocycles. The molecule has 2 rings (SSSR count). The van der Waals surface area contributed by atoms with Crippen LogP contribution in [0.25, 0.3) is 0 Å². The van der Waals surface area contributed by atoms with Crippen LogP contribution >= 0.6 is 11.6 Å². The zero-order valence-corrected chi connectivity index (χ0v) is 13.6. The van der Waals surface area contributed by atoms with Gasteiger partial charge < -0.3 is 10.1 Å². The van der Waals surface area contributed by atoms with E-state index in [0.29, 0.717) is 12.1 Å². The topological polar surface area (TPSA) is 21.3 Å². The molecule has 2 nitrogen and oxygen atoms in total. The first-order valence-electron chi connectivity index (χ1n) is 7.73. The number of rotatable bonds is 6. The van der Waals surface area contributed by atoms with Crippen molar-refractivity contribution in [3.63, 3.8) is 0 Å². The highest BCUT2D eigenvalue weighted by Gasteiger charge is 2.23. The minimum absolute atomic E-state index is 0.369. The monoisotopic (exact) mass is 295 g/mol. The Morgan fingerprint density at radius 3 is 2.80 bits per heavy atom. The van der Waals surface area contributed by atoms with Gasteiger partial charge in [0.25, 0.3) is 0 Å². The molecule has 0 aromatic heterocycles. The van der Waals surface area contributed by atoms with E-state index in [2.05, 4.69) is 38.2 Å². The Kier molecular flexibility index (Phi) is 5.88. The molecule has 0 spiro atoms. The van der Waals surface area contributed by atoms with Crippen molar-refractivity contribution >= 4 is 11.6 Å². The molecular formula is C17H26ClNO. The second-order valence-electron chi connectivity index (χ2n) is 5.84. The molecule has 1 saturated heterocycles. The first kappa shape index (κ1) is 15.8. The van der Waals surface area contributed by atoms with E-state index in [1.807, 2.05) is 0 Å². The first-order chi connectivity index (χ1) is 9.61. The van der Waals surface area contributed by atoms with E-state index < -0.39 is 0 Å². The summed E-state index contributed by atoms with van der Waals surface area (Å²) in [5.74, 6) is 0. The molecule has 0 radical (unpaired) electrons. The molecule has 0 saturated carbocycles. The minimum atomic E-state index is 0.369. The second kappa shape index (κ2) is 7.44. The lowest BCUT2D eigenvalue weighted by Crippen LogP contribution is -2.27. The maximum absolute atomic E-state index is 6.22. The van der Waals surface area contributed by atoms with Gasteiger partial charge in [0.15, 0.2) is 0 Å². The summed E-state index contributed by atoms with van der Waals surface area (Å²) in [6, 6.07) is 4.69. The molecule has 1 N–H and O–H groups in total. The number of halogens is 1. The van der Waals surface area contributed by atoms with Gasteiger partial charge in [-0.15, -0.1) is 0 Å². The van der Waals surface area contributed by atoms with Crippen molar-refractivity contribution < 1.29 is 4.74 Å². The van der Waals surface area contributed by atoms with Gasteiger partial charge in [-0.3, -0.25) is 0 Å². The Balaban J connectivity index is 2.18. The summed E-state index contributed by atoms with van der Waals surface area (Å²) in [6.45, 7) is 8.39. The summed E-state index contributed by atoms with van der Waals surface area (Å²) in [6.07, 6.45) is 5.00. The zero-order valence-electron chi connectivity index (χ0n) is 12.8. The smallest absolute Gasteiger partial charge is 0.0594 e. The lowest BCUT2D eigenvalue weighted by Gasteiger charge is -2.24. The lowest BCUT2D eigenvalue weighted by atomic mass is 9.94. The highest BCUT2D eigenvalue weighted by Crippen LogP contribution is 2.30. The summed E-state index contributed by atoms with van der Waals surface area (Å²) >= 11 is 6.22. The van der Waals surface area contributed by atoms with Gasteiger partial charge >= 0.3 is 0 Å². The van der Waals surface area contributed by atoms with Crippen LogP contribution < -0.4 is 5.32 Å². The molecule has 112 valence electrons. The number of hydrogen-bond acceptors (Lipinski definition) is 2. The average Bonchev–Trinajstić information content (AvgIpc) is 2.92. The van der Waals surface area contributed by atoms with Crippen LogP contribution in [0.15, 0.2) is 12.1 Å². The molecule has 1 aliphatic rings. The fourth-order valence-corrected chi connectivity index (χ4v) is 3.13. The molecule has 20 heavy (non-hydrogen) atoms. The van der Waals surface area contributed by atoms with Crippen LogP contribution in [0.2, 0.25) is 5.02 Å². The van der Waals surface area contributed by atoms with Gasteiger partial charge in [0.05, 0.1) is 6.10 Å². The Morgan fingerprint density at radius 2 is 2.15 bits per heavy atom. The molecule has 0 aliphatic carbocycles. The summed E-state index contributed by atoms with van der Waals surface area (Å²) in [7, 11) is 0. The van der Waals surface area contributed by atoms with Gasteiger partial charge in [0.2, 0.25) is 0 Å². The van der Waals surface area contributed by atoms with Crippen molar-refractivity contribution in [2.24, 2.45) is 0 Å². The molecule has 3 heteroatoms. The van der Waals surface area contributed by atoms with E-state index in [1.165, 1.54) is 24.0 Å². The fraction of sp³-hybridized carbons (Fsp3) is 0.647. The normalized spacial score (nSPS) is 20.3. The van der Waals surface area contributed by atoms with Crippen LogP contribution in [0.4, 0.5) is 0 Å². The molecule has 2 atom stereocenters. The predicted octanol–water partition coefficient (Wildman–Crippen LogP) is 4.57. The Labute approximate surface area is 127 Å². The number of aryl methyl sites for hydroxylation is 2. The van der Waals surface area contributed by atoms with Gasteiger partial charge in [-0.25, -0.2) is 0 Å². The summed E-state index contributed by atoms with van der Waals surface area (Å²) < 4.78 is 5.81. The number of nitrogens with one attached hydrogen (secondary N) is 1. The van der Waals surface area contributed by atoms with Crippen LogP contribution in [0.1, 0.15) is 55.3 Å². The fourth-order valence-electron chi connectivity index (χ4n) is 2.91. The zero-order chi connectivity index (χ0) is 14.5. The van der Waals surface area contributed by atoms with Gasteiger partial charge in [-0.05, 0) is 68.8 Å². The van der Waals surface area contributed by atoms with Crippen LogP contribution in [0.5, 0.6) is 0 Å². The maximum atomic E-state index is 6.22. The number of ether oxygens (including phenoxy) is 1. The van der Waals surface area contributed by atoms with Crippen molar-refractivity contribution in [2.45, 2.75) is 58.6 Å². The maximum Gasteiger partial charge on any atom is 0.0594 e. The third kappa shape index (κ3) is 3.97. The van der Waals surface area contributed by atoms with Crippen LogP contribution in [0.3, 0.4) is 0 Å². The van der Waals surface area contributed by atoms with E-state index in [4.69, 9.17) is 16.3 Å². The second-order valence-corrected chi connectivity index (χ2v) is 6.24. The molecular weight excluding hydrogens is 270 g/mol. The van der Waals surface area contributed by atoms with Crippen molar-refractivity contribution in [3.8, 4) is 0 Å². The van der Waals surface area contributed by atoms with Crippen LogP contribution in [-0.2, 0) is 4.74 Å². The minimum Gasteiger partial charge on any atom is -0.378 e. The van der Waals surface area contributed by atoms with Crippen molar-refractivity contribution in [1.29, 1.82) is 0 Å². The summed E-state index contributed by atoms with van der Waals surface area (Å²) in [5, 5.41) is 4.54. The third-order valence-corrected chi connectivity index (χ3v) is 4.49. The molecule has 0 amide bonds. The molecule has 1 aromatic rings. The Bertz CT molecular complexity index is 441. The van der Waals surface area contributed by atoms with Gasteiger partial charge in [-0.1, -0.05) is 24.6 Å². The largest absolute Gasteiger partial charge is 0.378 e. The van der Waals surface area contributed by atoms with E-state index >= 15 is 0 Å². The number of benzene rings is 1. The van der Waals surface area contributed by atoms with Crippen molar-refractivity contribution in [1.82, 2.24) is 5.32 Å². The number of hydrogen-bond donors (Lipinski definition) is 1. The van der Waals surface area contributed by atoms with E-state index in [9.17, 15) is 0 Å². The van der Waals surface area contributed by atoms with Gasteiger partial charge in [0, 0.05) is 17.7 Å². The summed E-state index contributed by atoms with van der Waals surface area (Å²) in [4.78, 5) is 0. The Morgan fingerprint density at radius 1 is 1.35 bits per heavy atom.